The summed E-state index contributed by atoms with van der Waals surface area (Å²) >= 11 is 0. The molecule has 8 nitrogen and oxygen atoms in total. The number of halogens is 1. The molecule has 28 heavy (non-hydrogen) atoms. The predicted molar refractivity (Wildman–Crippen MR) is 101 cm³/mol. The molecule has 1 N–H and O–H groups in total. The van der Waals surface area contributed by atoms with Gasteiger partial charge in [-0.1, -0.05) is 18.2 Å². The summed E-state index contributed by atoms with van der Waals surface area (Å²) in [7, 11) is -1.90. The van der Waals surface area contributed by atoms with Gasteiger partial charge in [0.05, 0.1) is 9.82 Å². The van der Waals surface area contributed by atoms with Gasteiger partial charge in [0.15, 0.2) is 9.84 Å². The van der Waals surface area contributed by atoms with Crippen molar-refractivity contribution in [1.82, 2.24) is 9.55 Å². The molecular formula is C18H17FN4O4S. The first-order valence-corrected chi connectivity index (χ1v) is 10.0. The fraction of sp³-hybridized carbons (Fsp3) is 0.167. The normalized spacial score (nSPS) is 12.5. The van der Waals surface area contributed by atoms with Crippen LogP contribution in [-0.4, -0.2) is 29.1 Å². The van der Waals surface area contributed by atoms with Crippen LogP contribution in [0.15, 0.2) is 59.8 Å². The molecule has 1 aromatic heterocycles. The molecule has 1 heterocycles. The predicted octanol–water partition coefficient (Wildman–Crippen LogP) is 3.07. The average molecular weight is 404 g/mol. The molecule has 1 atom stereocenters. The van der Waals surface area contributed by atoms with Crippen molar-refractivity contribution < 1.29 is 17.7 Å². The summed E-state index contributed by atoms with van der Waals surface area (Å²) < 4.78 is 39.6. The van der Waals surface area contributed by atoms with E-state index in [1.54, 1.807) is 29.9 Å². The molecule has 0 aliphatic rings. The molecule has 0 amide bonds. The quantitative estimate of drug-likeness (QED) is 0.500. The molecule has 0 unspecified atom stereocenters. The standard InChI is InChI=1S/C18H17FN4O4S/c1-22-10-9-20-18(22)17(13-5-3-4-6-14(13)19)21-15-8-7-12(28(2,26)27)11-16(15)23(24)25/h3-11,17,21H,1-2H3/t17-/m0/s1. The minimum Gasteiger partial charge on any atom is -0.366 e. The first kappa shape index (κ1) is 19.5. The molecule has 2 aromatic carbocycles. The summed E-state index contributed by atoms with van der Waals surface area (Å²) in [6.45, 7) is 0. The first-order valence-electron chi connectivity index (χ1n) is 8.15. The third kappa shape index (κ3) is 3.86. The zero-order valence-corrected chi connectivity index (χ0v) is 15.9. The van der Waals surface area contributed by atoms with Crippen molar-refractivity contribution in [2.45, 2.75) is 10.9 Å². The molecule has 3 aromatic rings. The summed E-state index contributed by atoms with van der Waals surface area (Å²) in [5, 5.41) is 14.5. The molecule has 0 saturated carbocycles. The third-order valence-corrected chi connectivity index (χ3v) is 5.34. The number of hydrogen-bond acceptors (Lipinski definition) is 6. The van der Waals surface area contributed by atoms with E-state index in [0.717, 1.165) is 12.3 Å². The highest BCUT2D eigenvalue weighted by Crippen LogP contribution is 2.33. The van der Waals surface area contributed by atoms with Crippen LogP contribution in [0.3, 0.4) is 0 Å². The van der Waals surface area contributed by atoms with Crippen molar-refractivity contribution in [3.63, 3.8) is 0 Å². The average Bonchev–Trinajstić information content (AvgIpc) is 3.05. The van der Waals surface area contributed by atoms with Gasteiger partial charge in [-0.3, -0.25) is 10.1 Å². The molecule has 0 fully saturated rings. The highest BCUT2D eigenvalue weighted by Gasteiger charge is 2.26. The largest absolute Gasteiger partial charge is 0.366 e. The van der Waals surface area contributed by atoms with E-state index in [1.807, 2.05) is 0 Å². The molecule has 0 aliphatic heterocycles. The van der Waals surface area contributed by atoms with Gasteiger partial charge in [-0.05, 0) is 18.2 Å². The van der Waals surface area contributed by atoms with Gasteiger partial charge in [-0.15, -0.1) is 0 Å². The van der Waals surface area contributed by atoms with Crippen LogP contribution < -0.4 is 5.32 Å². The summed E-state index contributed by atoms with van der Waals surface area (Å²) in [4.78, 5) is 14.9. The molecular weight excluding hydrogens is 387 g/mol. The van der Waals surface area contributed by atoms with Gasteiger partial charge in [-0.2, -0.15) is 0 Å². The summed E-state index contributed by atoms with van der Waals surface area (Å²) in [5.41, 5.74) is -0.134. The van der Waals surface area contributed by atoms with E-state index in [1.165, 1.54) is 30.5 Å². The lowest BCUT2D eigenvalue weighted by Gasteiger charge is -2.21. The Morgan fingerprint density at radius 1 is 1.25 bits per heavy atom. The summed E-state index contributed by atoms with van der Waals surface area (Å²) in [6, 6.07) is 8.74. The topological polar surface area (TPSA) is 107 Å². The SMILES string of the molecule is Cn1ccnc1[C@@H](Nc1ccc(S(C)(=O)=O)cc1[N+](=O)[O-])c1ccccc1F. The van der Waals surface area contributed by atoms with Gasteiger partial charge in [0, 0.05) is 37.3 Å². The van der Waals surface area contributed by atoms with Gasteiger partial charge in [0.2, 0.25) is 0 Å². The van der Waals surface area contributed by atoms with Crippen LogP contribution in [0, 0.1) is 15.9 Å². The number of hydrogen-bond donors (Lipinski definition) is 1. The van der Waals surface area contributed by atoms with Crippen molar-refractivity contribution >= 4 is 21.2 Å². The number of nitrogens with zero attached hydrogens (tertiary/aromatic N) is 3. The molecule has 0 saturated heterocycles. The van der Waals surface area contributed by atoms with Crippen molar-refractivity contribution in [2.75, 3.05) is 11.6 Å². The molecule has 0 spiro atoms. The Labute approximate surface area is 160 Å². The van der Waals surface area contributed by atoms with E-state index in [9.17, 15) is 22.9 Å². The Morgan fingerprint density at radius 3 is 2.54 bits per heavy atom. The van der Waals surface area contributed by atoms with Gasteiger partial charge < -0.3 is 9.88 Å². The number of nitrogens with one attached hydrogen (secondary N) is 1. The Kier molecular flexibility index (Phi) is 5.14. The molecule has 0 aliphatic carbocycles. The molecule has 10 heteroatoms. The van der Waals surface area contributed by atoms with Crippen LogP contribution in [0.4, 0.5) is 15.8 Å². The second-order valence-corrected chi connectivity index (χ2v) is 8.22. The lowest BCUT2D eigenvalue weighted by Crippen LogP contribution is -2.18. The van der Waals surface area contributed by atoms with Crippen molar-refractivity contribution in [2.24, 2.45) is 7.05 Å². The van der Waals surface area contributed by atoms with Crippen LogP contribution >= 0.6 is 0 Å². The van der Waals surface area contributed by atoms with Gasteiger partial charge >= 0.3 is 0 Å². The number of imidazole rings is 1. The maximum Gasteiger partial charge on any atom is 0.293 e. The lowest BCUT2D eigenvalue weighted by molar-refractivity contribution is -0.384. The second-order valence-electron chi connectivity index (χ2n) is 6.20. The minimum absolute atomic E-state index is 0.0497. The third-order valence-electron chi connectivity index (χ3n) is 4.23. The van der Waals surface area contributed by atoms with E-state index in [-0.39, 0.29) is 16.1 Å². The van der Waals surface area contributed by atoms with Crippen LogP contribution in [0.25, 0.3) is 0 Å². The summed E-state index contributed by atoms with van der Waals surface area (Å²) in [6.07, 6.45) is 4.17. The molecule has 146 valence electrons. The lowest BCUT2D eigenvalue weighted by atomic mass is 10.0. The summed E-state index contributed by atoms with van der Waals surface area (Å²) in [5.74, 6) is -0.0648. The second kappa shape index (κ2) is 7.39. The number of rotatable bonds is 6. The number of aromatic nitrogens is 2. The van der Waals surface area contributed by atoms with Crippen LogP contribution in [0.1, 0.15) is 17.4 Å². The van der Waals surface area contributed by atoms with E-state index in [2.05, 4.69) is 10.3 Å². The Hall–Kier alpha value is -3.27. The van der Waals surface area contributed by atoms with Crippen LogP contribution in [-0.2, 0) is 16.9 Å². The van der Waals surface area contributed by atoms with Gasteiger partial charge in [0.1, 0.15) is 23.4 Å². The van der Waals surface area contributed by atoms with Crippen molar-refractivity contribution in [1.29, 1.82) is 0 Å². The van der Waals surface area contributed by atoms with E-state index < -0.39 is 32.3 Å². The zero-order chi connectivity index (χ0) is 20.5. The zero-order valence-electron chi connectivity index (χ0n) is 15.0. The highest BCUT2D eigenvalue weighted by atomic mass is 32.2. The van der Waals surface area contributed by atoms with Crippen LogP contribution in [0.2, 0.25) is 0 Å². The molecule has 3 rings (SSSR count). The van der Waals surface area contributed by atoms with Crippen molar-refractivity contribution in [3.05, 3.63) is 82.2 Å². The fourth-order valence-electron chi connectivity index (χ4n) is 2.82. The molecule has 0 radical (unpaired) electrons. The van der Waals surface area contributed by atoms with Crippen LogP contribution in [0.5, 0.6) is 0 Å². The number of nitro groups is 1. The Balaban J connectivity index is 2.13. The first-order chi connectivity index (χ1) is 13.2. The maximum absolute atomic E-state index is 14.5. The molecule has 0 bridgehead atoms. The fourth-order valence-corrected chi connectivity index (χ4v) is 3.46. The number of anilines is 1. The smallest absolute Gasteiger partial charge is 0.293 e. The van der Waals surface area contributed by atoms with Gasteiger partial charge in [0.25, 0.3) is 5.69 Å². The number of benzene rings is 2. The van der Waals surface area contributed by atoms with E-state index >= 15 is 0 Å². The maximum atomic E-state index is 14.5. The van der Waals surface area contributed by atoms with E-state index in [4.69, 9.17) is 0 Å². The Bertz CT molecular complexity index is 1140. The number of sulfone groups is 1. The van der Waals surface area contributed by atoms with Crippen molar-refractivity contribution in [3.8, 4) is 0 Å². The van der Waals surface area contributed by atoms with E-state index in [0.29, 0.717) is 5.82 Å². The number of aryl methyl sites for hydroxylation is 1. The van der Waals surface area contributed by atoms with Gasteiger partial charge in [-0.25, -0.2) is 17.8 Å². The highest BCUT2D eigenvalue weighted by molar-refractivity contribution is 7.90. The Morgan fingerprint density at radius 2 is 1.96 bits per heavy atom. The minimum atomic E-state index is -3.62. The number of nitro benzene ring substituents is 1. The monoisotopic (exact) mass is 404 g/mol.